The van der Waals surface area contributed by atoms with Crippen molar-refractivity contribution in [2.45, 2.75) is 6.42 Å². The Balaban J connectivity index is 2.30. The zero-order valence-corrected chi connectivity index (χ0v) is 7.60. The number of nitrogens with zero attached hydrogens (tertiary/aromatic N) is 2. The van der Waals surface area contributed by atoms with Crippen LogP contribution in [0.15, 0.2) is 30.3 Å². The number of carbonyl (C=O) groups excluding carboxylic acids is 1. The van der Waals surface area contributed by atoms with Gasteiger partial charge in [-0.25, -0.2) is 10.0 Å². The van der Waals surface area contributed by atoms with Crippen LogP contribution in [0, 0.1) is 0 Å². The molecule has 68 valence electrons. The zero-order chi connectivity index (χ0) is 9.26. The van der Waals surface area contributed by atoms with E-state index in [2.05, 4.69) is 0 Å². The van der Waals surface area contributed by atoms with Crippen LogP contribution < -0.4 is 5.01 Å². The fraction of sp³-hybridized carbons (Fsp3) is 0.300. The van der Waals surface area contributed by atoms with Gasteiger partial charge in [0.25, 0.3) is 0 Å². The van der Waals surface area contributed by atoms with Crippen LogP contribution in [0.25, 0.3) is 0 Å². The second-order valence-corrected chi connectivity index (χ2v) is 3.17. The molecule has 13 heavy (non-hydrogen) atoms. The molecule has 3 nitrogen and oxygen atoms in total. The summed E-state index contributed by atoms with van der Waals surface area (Å²) in [7, 11) is 1.93. The van der Waals surface area contributed by atoms with E-state index in [1.54, 1.807) is 5.01 Å². The fourth-order valence-electron chi connectivity index (χ4n) is 1.56. The van der Waals surface area contributed by atoms with Crippen LogP contribution in [0.1, 0.15) is 6.42 Å². The first-order chi connectivity index (χ1) is 6.29. The van der Waals surface area contributed by atoms with Crippen molar-refractivity contribution < 1.29 is 4.79 Å². The summed E-state index contributed by atoms with van der Waals surface area (Å²) in [4.78, 5) is 11.5. The van der Waals surface area contributed by atoms with Crippen molar-refractivity contribution in [1.82, 2.24) is 5.01 Å². The molecule has 0 radical (unpaired) electrons. The van der Waals surface area contributed by atoms with E-state index in [9.17, 15) is 4.79 Å². The van der Waals surface area contributed by atoms with Gasteiger partial charge in [-0.3, -0.25) is 4.79 Å². The average molecular weight is 176 g/mol. The predicted octanol–water partition coefficient (Wildman–Crippen LogP) is 1.27. The van der Waals surface area contributed by atoms with Gasteiger partial charge < -0.3 is 0 Å². The van der Waals surface area contributed by atoms with E-state index >= 15 is 0 Å². The first kappa shape index (κ1) is 8.26. The highest BCUT2D eigenvalue weighted by Crippen LogP contribution is 2.20. The molecule has 0 aliphatic carbocycles. The van der Waals surface area contributed by atoms with Gasteiger partial charge in [0.2, 0.25) is 5.91 Å². The first-order valence-electron chi connectivity index (χ1n) is 4.38. The number of hydrazine groups is 1. The van der Waals surface area contributed by atoms with Crippen molar-refractivity contribution in [2.24, 2.45) is 0 Å². The van der Waals surface area contributed by atoms with E-state index in [1.807, 2.05) is 42.4 Å². The maximum Gasteiger partial charge on any atom is 0.242 e. The number of hydrogen-bond donors (Lipinski definition) is 0. The standard InChI is InChI=1S/C10H12N2O/c1-11-8-7-10(13)12(11)9-5-3-2-4-6-9/h2-6H,7-8H2,1H3. The number of benzene rings is 1. The van der Waals surface area contributed by atoms with E-state index in [0.29, 0.717) is 6.42 Å². The maximum atomic E-state index is 11.5. The molecule has 0 unspecified atom stereocenters. The Bertz CT molecular complexity index is 310. The molecule has 1 aliphatic heterocycles. The van der Waals surface area contributed by atoms with Gasteiger partial charge in [-0.2, -0.15) is 0 Å². The van der Waals surface area contributed by atoms with Crippen LogP contribution in [-0.2, 0) is 4.79 Å². The molecule has 0 aromatic heterocycles. The van der Waals surface area contributed by atoms with Crippen LogP contribution in [0.2, 0.25) is 0 Å². The average Bonchev–Trinajstić information content (AvgIpc) is 2.48. The lowest BCUT2D eigenvalue weighted by molar-refractivity contribution is -0.117. The summed E-state index contributed by atoms with van der Waals surface area (Å²) >= 11 is 0. The molecular formula is C10H12N2O. The first-order valence-corrected chi connectivity index (χ1v) is 4.38. The molecule has 1 fully saturated rings. The molecule has 1 amide bonds. The van der Waals surface area contributed by atoms with E-state index in [0.717, 1.165) is 12.2 Å². The van der Waals surface area contributed by atoms with E-state index in [1.165, 1.54) is 0 Å². The maximum absolute atomic E-state index is 11.5. The normalized spacial score (nSPS) is 18.2. The zero-order valence-electron chi connectivity index (χ0n) is 7.60. The molecule has 1 saturated heterocycles. The third-order valence-electron chi connectivity index (χ3n) is 2.23. The Kier molecular flexibility index (Phi) is 2.02. The van der Waals surface area contributed by atoms with Gasteiger partial charge in [0.1, 0.15) is 0 Å². The summed E-state index contributed by atoms with van der Waals surface area (Å²) in [5, 5.41) is 3.66. The number of anilines is 1. The molecule has 3 heteroatoms. The topological polar surface area (TPSA) is 23.6 Å². The second-order valence-electron chi connectivity index (χ2n) is 3.17. The second kappa shape index (κ2) is 3.18. The minimum absolute atomic E-state index is 0.175. The van der Waals surface area contributed by atoms with Crippen molar-refractivity contribution in [3.05, 3.63) is 30.3 Å². The van der Waals surface area contributed by atoms with Crippen LogP contribution in [0.5, 0.6) is 0 Å². The lowest BCUT2D eigenvalue weighted by Crippen LogP contribution is -2.35. The Morgan fingerprint density at radius 3 is 2.46 bits per heavy atom. The van der Waals surface area contributed by atoms with Crippen LogP contribution in [0.4, 0.5) is 5.69 Å². The Hall–Kier alpha value is -1.35. The van der Waals surface area contributed by atoms with Gasteiger partial charge in [-0.15, -0.1) is 0 Å². The Morgan fingerprint density at radius 2 is 1.92 bits per heavy atom. The fourth-order valence-corrected chi connectivity index (χ4v) is 1.56. The van der Waals surface area contributed by atoms with Crippen molar-refractivity contribution in [3.8, 4) is 0 Å². The molecule has 0 saturated carbocycles. The molecule has 0 bridgehead atoms. The minimum atomic E-state index is 0.175. The van der Waals surface area contributed by atoms with E-state index in [4.69, 9.17) is 0 Å². The lowest BCUT2D eigenvalue weighted by Gasteiger charge is -2.23. The Labute approximate surface area is 77.5 Å². The van der Waals surface area contributed by atoms with Crippen LogP contribution in [-0.4, -0.2) is 24.5 Å². The van der Waals surface area contributed by atoms with Gasteiger partial charge in [-0.05, 0) is 12.1 Å². The van der Waals surface area contributed by atoms with Gasteiger partial charge in [0.05, 0.1) is 5.69 Å². The number of para-hydroxylation sites is 1. The van der Waals surface area contributed by atoms with Crippen LogP contribution >= 0.6 is 0 Å². The summed E-state index contributed by atoms with van der Waals surface area (Å²) in [5.74, 6) is 0.175. The molecular weight excluding hydrogens is 164 g/mol. The number of amides is 1. The number of rotatable bonds is 1. The van der Waals surface area contributed by atoms with Crippen molar-refractivity contribution in [2.75, 3.05) is 18.6 Å². The predicted molar refractivity (Wildman–Crippen MR) is 51.2 cm³/mol. The number of hydrogen-bond acceptors (Lipinski definition) is 2. The Morgan fingerprint density at radius 1 is 1.23 bits per heavy atom. The molecule has 1 heterocycles. The molecule has 1 aromatic rings. The van der Waals surface area contributed by atoms with Crippen molar-refractivity contribution in [1.29, 1.82) is 0 Å². The quantitative estimate of drug-likeness (QED) is 0.643. The van der Waals surface area contributed by atoms with Crippen molar-refractivity contribution in [3.63, 3.8) is 0 Å². The molecule has 0 spiro atoms. The highest BCUT2D eigenvalue weighted by Gasteiger charge is 2.26. The third-order valence-corrected chi connectivity index (χ3v) is 2.23. The third kappa shape index (κ3) is 1.42. The van der Waals surface area contributed by atoms with E-state index < -0.39 is 0 Å². The van der Waals surface area contributed by atoms with Gasteiger partial charge >= 0.3 is 0 Å². The highest BCUT2D eigenvalue weighted by atomic mass is 16.2. The summed E-state index contributed by atoms with van der Waals surface area (Å²) in [6.07, 6.45) is 0.616. The van der Waals surface area contributed by atoms with Crippen molar-refractivity contribution >= 4 is 11.6 Å². The highest BCUT2D eigenvalue weighted by molar-refractivity contribution is 5.94. The van der Waals surface area contributed by atoms with Gasteiger partial charge in [0.15, 0.2) is 0 Å². The summed E-state index contributed by atoms with van der Waals surface area (Å²) < 4.78 is 0. The summed E-state index contributed by atoms with van der Waals surface area (Å²) in [6.45, 7) is 0.813. The SMILES string of the molecule is CN1CCC(=O)N1c1ccccc1. The minimum Gasteiger partial charge on any atom is -0.273 e. The van der Waals surface area contributed by atoms with Crippen LogP contribution in [0.3, 0.4) is 0 Å². The van der Waals surface area contributed by atoms with Gasteiger partial charge in [-0.1, -0.05) is 18.2 Å². The number of carbonyl (C=O) groups is 1. The molecule has 0 N–H and O–H groups in total. The van der Waals surface area contributed by atoms with Gasteiger partial charge in [0, 0.05) is 20.0 Å². The lowest BCUT2D eigenvalue weighted by atomic mass is 10.3. The molecule has 1 aromatic carbocycles. The largest absolute Gasteiger partial charge is 0.273 e. The monoisotopic (exact) mass is 176 g/mol. The molecule has 2 rings (SSSR count). The summed E-state index contributed by atoms with van der Waals surface area (Å²) in [5.41, 5.74) is 0.951. The molecule has 0 atom stereocenters. The summed E-state index contributed by atoms with van der Waals surface area (Å²) in [6, 6.07) is 9.72. The van der Waals surface area contributed by atoms with E-state index in [-0.39, 0.29) is 5.91 Å². The molecule has 1 aliphatic rings. The smallest absolute Gasteiger partial charge is 0.242 e.